The number of ether oxygens (including phenoxy) is 1. The maximum absolute atomic E-state index is 5.64. The van der Waals surface area contributed by atoms with Crippen molar-refractivity contribution in [3.63, 3.8) is 0 Å². The lowest BCUT2D eigenvalue weighted by Crippen LogP contribution is -2.26. The number of hydrogen-bond donors (Lipinski definition) is 1. The molecule has 0 saturated heterocycles. The lowest BCUT2D eigenvalue weighted by molar-refractivity contribution is 0.241. The monoisotopic (exact) mass is 171 g/mol. The largest absolute Gasteiger partial charge is 0.473 e. The Bertz CT molecular complexity index is 236. The van der Waals surface area contributed by atoms with Gasteiger partial charge in [0.05, 0.1) is 0 Å². The molecule has 1 atom stereocenters. The number of aryl methyl sites for hydroxylation is 1. The van der Waals surface area contributed by atoms with Gasteiger partial charge in [0.2, 0.25) is 0 Å². The molecule has 0 aliphatic heterocycles. The van der Waals surface area contributed by atoms with Crippen LogP contribution in [0.25, 0.3) is 0 Å². The molecule has 0 aliphatic rings. The van der Waals surface area contributed by atoms with Gasteiger partial charge in [0.15, 0.2) is 0 Å². The van der Waals surface area contributed by atoms with E-state index in [2.05, 4.69) is 14.9 Å². The zero-order chi connectivity index (χ0) is 8.97. The molecular formula is C7H13N3O2. The van der Waals surface area contributed by atoms with Crippen molar-refractivity contribution in [2.45, 2.75) is 26.3 Å². The lowest BCUT2D eigenvalue weighted by Gasteiger charge is -2.07. The van der Waals surface area contributed by atoms with Crippen molar-refractivity contribution in [1.82, 2.24) is 10.3 Å². The zero-order valence-corrected chi connectivity index (χ0v) is 7.28. The molecule has 2 N–H and O–H groups in total. The van der Waals surface area contributed by atoms with Crippen molar-refractivity contribution in [1.29, 1.82) is 0 Å². The molecule has 1 heterocycles. The smallest absolute Gasteiger partial charge is 0.278 e. The van der Waals surface area contributed by atoms with Gasteiger partial charge >= 0.3 is 0 Å². The summed E-state index contributed by atoms with van der Waals surface area (Å²) in [6.07, 6.45) is 0.879. The maximum atomic E-state index is 5.64. The van der Waals surface area contributed by atoms with Gasteiger partial charge in [-0.05, 0) is 18.5 Å². The molecule has 0 aromatic carbocycles. The van der Waals surface area contributed by atoms with E-state index in [4.69, 9.17) is 10.5 Å². The van der Waals surface area contributed by atoms with E-state index in [0.29, 0.717) is 18.2 Å². The Balaban J connectivity index is 2.38. The molecule has 68 valence electrons. The topological polar surface area (TPSA) is 74.2 Å². The van der Waals surface area contributed by atoms with Crippen molar-refractivity contribution < 1.29 is 9.37 Å². The van der Waals surface area contributed by atoms with Gasteiger partial charge in [-0.2, -0.15) is 0 Å². The first kappa shape index (κ1) is 8.99. The van der Waals surface area contributed by atoms with Gasteiger partial charge in [-0.25, -0.2) is 4.63 Å². The predicted molar refractivity (Wildman–Crippen MR) is 42.8 cm³/mol. The third kappa shape index (κ3) is 2.20. The summed E-state index contributed by atoms with van der Waals surface area (Å²) in [4.78, 5) is 0. The first-order valence-corrected chi connectivity index (χ1v) is 3.91. The lowest BCUT2D eigenvalue weighted by atomic mass is 10.3. The summed E-state index contributed by atoms with van der Waals surface area (Å²) in [6, 6.07) is 0.0427. The van der Waals surface area contributed by atoms with Crippen molar-refractivity contribution in [2.24, 2.45) is 5.73 Å². The van der Waals surface area contributed by atoms with E-state index in [1.807, 2.05) is 6.92 Å². The molecular weight excluding hydrogens is 158 g/mol. The number of rotatable bonds is 4. The highest BCUT2D eigenvalue weighted by atomic mass is 16.6. The molecule has 5 nitrogen and oxygen atoms in total. The standard InChI is InChI=1S/C7H13N3O2/c1-3-6(8)4-11-7-5(2)9-12-10-7/h6H,3-4,8H2,1-2H3. The van der Waals surface area contributed by atoms with Crippen molar-refractivity contribution in [2.75, 3.05) is 6.61 Å². The molecule has 5 heteroatoms. The van der Waals surface area contributed by atoms with Crippen LogP contribution < -0.4 is 10.5 Å². The van der Waals surface area contributed by atoms with Crippen LogP contribution >= 0.6 is 0 Å². The van der Waals surface area contributed by atoms with Gasteiger partial charge < -0.3 is 10.5 Å². The molecule has 0 fully saturated rings. The first-order valence-electron chi connectivity index (χ1n) is 3.91. The summed E-state index contributed by atoms with van der Waals surface area (Å²) in [7, 11) is 0. The molecule has 1 rings (SSSR count). The summed E-state index contributed by atoms with van der Waals surface area (Å²) in [5.74, 6) is 0.430. The van der Waals surface area contributed by atoms with Crippen LogP contribution in [0.2, 0.25) is 0 Å². The van der Waals surface area contributed by atoms with Gasteiger partial charge in [0, 0.05) is 6.04 Å². The van der Waals surface area contributed by atoms with Crippen LogP contribution in [0.1, 0.15) is 19.0 Å². The van der Waals surface area contributed by atoms with Crippen LogP contribution in [0.4, 0.5) is 0 Å². The number of hydrogen-bond acceptors (Lipinski definition) is 5. The second kappa shape index (κ2) is 4.06. The fourth-order valence-electron chi connectivity index (χ4n) is 0.658. The Hall–Kier alpha value is -1.10. The van der Waals surface area contributed by atoms with E-state index in [9.17, 15) is 0 Å². The van der Waals surface area contributed by atoms with Crippen molar-refractivity contribution in [3.8, 4) is 5.88 Å². The quantitative estimate of drug-likeness (QED) is 0.713. The van der Waals surface area contributed by atoms with Crippen LogP contribution in [0.3, 0.4) is 0 Å². The molecule has 12 heavy (non-hydrogen) atoms. The van der Waals surface area contributed by atoms with Crippen molar-refractivity contribution >= 4 is 0 Å². The number of aromatic nitrogens is 2. The van der Waals surface area contributed by atoms with Crippen LogP contribution in [-0.4, -0.2) is 23.0 Å². The van der Waals surface area contributed by atoms with Crippen LogP contribution in [0.15, 0.2) is 4.63 Å². The van der Waals surface area contributed by atoms with E-state index in [1.54, 1.807) is 6.92 Å². The zero-order valence-electron chi connectivity index (χ0n) is 7.28. The first-order chi connectivity index (χ1) is 5.74. The molecule has 0 bridgehead atoms. The van der Waals surface area contributed by atoms with E-state index in [0.717, 1.165) is 6.42 Å². The third-order valence-corrected chi connectivity index (χ3v) is 1.57. The Morgan fingerprint density at radius 2 is 2.33 bits per heavy atom. The molecule has 0 saturated carbocycles. The van der Waals surface area contributed by atoms with Gasteiger partial charge in [-0.15, -0.1) is 0 Å². The predicted octanol–water partition coefficient (Wildman–Crippen LogP) is 0.494. The van der Waals surface area contributed by atoms with E-state index >= 15 is 0 Å². The maximum Gasteiger partial charge on any atom is 0.278 e. The Morgan fingerprint density at radius 3 is 2.83 bits per heavy atom. The third-order valence-electron chi connectivity index (χ3n) is 1.57. The Labute approximate surface area is 70.8 Å². The molecule has 1 aromatic rings. The summed E-state index contributed by atoms with van der Waals surface area (Å²) in [6.45, 7) is 4.22. The van der Waals surface area contributed by atoms with Crippen LogP contribution in [-0.2, 0) is 0 Å². The number of nitrogens with two attached hydrogens (primary N) is 1. The second-order valence-electron chi connectivity index (χ2n) is 2.63. The van der Waals surface area contributed by atoms with Gasteiger partial charge in [0.25, 0.3) is 5.88 Å². The number of nitrogens with zero attached hydrogens (tertiary/aromatic N) is 2. The summed E-state index contributed by atoms with van der Waals surface area (Å²) < 4.78 is 9.68. The van der Waals surface area contributed by atoms with Gasteiger partial charge in [0.1, 0.15) is 12.3 Å². The van der Waals surface area contributed by atoms with Gasteiger partial charge in [-0.3, -0.25) is 0 Å². The highest BCUT2D eigenvalue weighted by Crippen LogP contribution is 2.10. The highest BCUT2D eigenvalue weighted by Gasteiger charge is 2.07. The summed E-state index contributed by atoms with van der Waals surface area (Å²) >= 11 is 0. The molecule has 1 aromatic heterocycles. The second-order valence-corrected chi connectivity index (χ2v) is 2.63. The molecule has 0 aliphatic carbocycles. The average molecular weight is 171 g/mol. The van der Waals surface area contributed by atoms with E-state index < -0.39 is 0 Å². The SMILES string of the molecule is CCC(N)COc1nonc1C. The van der Waals surface area contributed by atoms with Crippen molar-refractivity contribution in [3.05, 3.63) is 5.69 Å². The fraction of sp³-hybridized carbons (Fsp3) is 0.714. The molecule has 0 spiro atoms. The fourth-order valence-corrected chi connectivity index (χ4v) is 0.658. The van der Waals surface area contributed by atoms with Crippen LogP contribution in [0.5, 0.6) is 5.88 Å². The average Bonchev–Trinajstić information content (AvgIpc) is 2.47. The molecule has 0 radical (unpaired) electrons. The highest BCUT2D eigenvalue weighted by molar-refractivity contribution is 5.11. The van der Waals surface area contributed by atoms with Gasteiger partial charge in [-0.1, -0.05) is 12.1 Å². The normalized spacial score (nSPS) is 12.9. The van der Waals surface area contributed by atoms with E-state index in [1.165, 1.54) is 0 Å². The summed E-state index contributed by atoms with van der Waals surface area (Å²) in [5.41, 5.74) is 6.29. The molecule has 0 amide bonds. The minimum absolute atomic E-state index is 0.0427. The Kier molecular flexibility index (Phi) is 3.04. The minimum atomic E-state index is 0.0427. The minimum Gasteiger partial charge on any atom is -0.473 e. The van der Waals surface area contributed by atoms with Crippen LogP contribution in [0, 0.1) is 6.92 Å². The van der Waals surface area contributed by atoms with E-state index in [-0.39, 0.29) is 6.04 Å². The summed E-state index contributed by atoms with van der Waals surface area (Å²) in [5, 5.41) is 7.13. The Morgan fingerprint density at radius 1 is 1.58 bits per heavy atom. The molecule has 1 unspecified atom stereocenters.